The Morgan fingerprint density at radius 3 is 2.88 bits per heavy atom. The number of hydrogen-bond donors (Lipinski definition) is 1. The molecule has 0 radical (unpaired) electrons. The number of fused-ring (bicyclic) bond motifs is 1. The third-order valence-electron chi connectivity index (χ3n) is 5.47. The van der Waals surface area contributed by atoms with E-state index in [-0.39, 0.29) is 29.9 Å². The molecule has 2 atom stereocenters. The lowest BCUT2D eigenvalue weighted by atomic mass is 9.85. The molecule has 0 aromatic carbocycles. The molecule has 2 amide bonds. The van der Waals surface area contributed by atoms with Gasteiger partial charge in [0.05, 0.1) is 17.3 Å². The molecule has 0 saturated carbocycles. The maximum absolute atomic E-state index is 13.0. The molecular weight excluding hydrogens is 304 g/mol. The van der Waals surface area contributed by atoms with Gasteiger partial charge in [-0.05, 0) is 58.9 Å². The van der Waals surface area contributed by atoms with Crippen LogP contribution in [0.4, 0.5) is 0 Å². The van der Waals surface area contributed by atoms with Gasteiger partial charge in [0.1, 0.15) is 6.54 Å². The minimum atomic E-state index is -0.311. The molecule has 1 aromatic heterocycles. The Labute approximate surface area is 143 Å². The third-order valence-corrected chi connectivity index (χ3v) is 5.47. The molecule has 132 valence electrons. The molecule has 0 unspecified atom stereocenters. The van der Waals surface area contributed by atoms with Crippen LogP contribution in [0, 0.1) is 13.8 Å². The topological polar surface area (TPSA) is 67.2 Å². The van der Waals surface area contributed by atoms with Crippen LogP contribution in [-0.4, -0.2) is 44.6 Å². The van der Waals surface area contributed by atoms with E-state index < -0.39 is 0 Å². The van der Waals surface area contributed by atoms with Gasteiger partial charge in [-0.15, -0.1) is 0 Å². The Morgan fingerprint density at radius 2 is 2.17 bits per heavy atom. The molecule has 0 aliphatic carbocycles. The van der Waals surface area contributed by atoms with Crippen LogP contribution in [0.15, 0.2) is 6.07 Å². The Hall–Kier alpha value is -1.85. The summed E-state index contributed by atoms with van der Waals surface area (Å²) < 4.78 is 1.79. The first kappa shape index (κ1) is 17.0. The average molecular weight is 332 g/mol. The largest absolute Gasteiger partial charge is 0.349 e. The number of aromatic nitrogens is 2. The maximum atomic E-state index is 13.0. The minimum Gasteiger partial charge on any atom is -0.349 e. The zero-order chi connectivity index (χ0) is 17.3. The lowest BCUT2D eigenvalue weighted by Crippen LogP contribution is -2.59. The Bertz CT molecular complexity index is 639. The fourth-order valence-corrected chi connectivity index (χ4v) is 4.25. The fraction of sp³-hybridized carbons (Fsp3) is 0.722. The van der Waals surface area contributed by atoms with Gasteiger partial charge in [0.25, 0.3) is 0 Å². The summed E-state index contributed by atoms with van der Waals surface area (Å²) in [6, 6.07) is 2.07. The highest BCUT2D eigenvalue weighted by Crippen LogP contribution is 2.32. The van der Waals surface area contributed by atoms with Crippen molar-refractivity contribution in [1.29, 1.82) is 0 Å². The molecule has 3 heterocycles. The van der Waals surface area contributed by atoms with Crippen molar-refractivity contribution in [3.8, 4) is 0 Å². The molecule has 6 heteroatoms. The third kappa shape index (κ3) is 3.32. The number of nitrogens with one attached hydrogen (secondary N) is 1. The van der Waals surface area contributed by atoms with E-state index in [0.717, 1.165) is 50.0 Å². The number of nitrogens with zero attached hydrogens (tertiary/aromatic N) is 3. The van der Waals surface area contributed by atoms with E-state index in [1.165, 1.54) is 0 Å². The standard InChI is InChI=1S/C18H28N4O2/c1-13-11-14(2)22(20-13)12-17(24)21-10-5-4-9-18(3)15(21)7-6-8-16(23)19-18/h11,15H,4-10,12H2,1-3H3,(H,19,23)/t15-,18-/m0/s1. The van der Waals surface area contributed by atoms with Gasteiger partial charge in [-0.3, -0.25) is 14.3 Å². The second-order valence-electron chi connectivity index (χ2n) is 7.50. The molecule has 6 nitrogen and oxygen atoms in total. The molecule has 2 fully saturated rings. The summed E-state index contributed by atoms with van der Waals surface area (Å²) in [5.41, 5.74) is 1.63. The summed E-state index contributed by atoms with van der Waals surface area (Å²) in [6.45, 7) is 7.08. The first-order chi connectivity index (χ1) is 11.4. The van der Waals surface area contributed by atoms with E-state index in [0.29, 0.717) is 6.42 Å². The van der Waals surface area contributed by atoms with Crippen molar-refractivity contribution in [3.63, 3.8) is 0 Å². The predicted octanol–water partition coefficient (Wildman–Crippen LogP) is 1.94. The highest BCUT2D eigenvalue weighted by Gasteiger charge is 2.43. The number of carbonyl (C=O) groups excluding carboxylic acids is 2. The van der Waals surface area contributed by atoms with Crippen molar-refractivity contribution >= 4 is 11.8 Å². The lowest BCUT2D eigenvalue weighted by molar-refractivity contribution is -0.136. The highest BCUT2D eigenvalue weighted by atomic mass is 16.2. The highest BCUT2D eigenvalue weighted by molar-refractivity contribution is 5.79. The van der Waals surface area contributed by atoms with Crippen molar-refractivity contribution < 1.29 is 9.59 Å². The zero-order valence-electron chi connectivity index (χ0n) is 15.0. The number of rotatable bonds is 2. The van der Waals surface area contributed by atoms with Crippen LogP contribution in [0.2, 0.25) is 0 Å². The van der Waals surface area contributed by atoms with Crippen LogP contribution < -0.4 is 5.32 Å². The second-order valence-corrected chi connectivity index (χ2v) is 7.50. The van der Waals surface area contributed by atoms with Crippen LogP contribution in [0.3, 0.4) is 0 Å². The summed E-state index contributed by atoms with van der Waals surface area (Å²) in [5.74, 6) is 0.225. The van der Waals surface area contributed by atoms with Gasteiger partial charge < -0.3 is 10.2 Å². The van der Waals surface area contributed by atoms with Gasteiger partial charge in [-0.2, -0.15) is 5.10 Å². The molecule has 3 rings (SSSR count). The molecule has 1 aromatic rings. The smallest absolute Gasteiger partial charge is 0.244 e. The van der Waals surface area contributed by atoms with Gasteiger partial charge in [-0.1, -0.05) is 0 Å². The van der Waals surface area contributed by atoms with Gasteiger partial charge >= 0.3 is 0 Å². The van der Waals surface area contributed by atoms with Crippen LogP contribution >= 0.6 is 0 Å². The van der Waals surface area contributed by atoms with Crippen molar-refractivity contribution in [2.24, 2.45) is 0 Å². The summed E-state index contributed by atoms with van der Waals surface area (Å²) in [6.07, 6.45) is 5.26. The van der Waals surface area contributed by atoms with E-state index in [1.807, 2.05) is 24.8 Å². The quantitative estimate of drug-likeness (QED) is 0.900. The first-order valence-electron chi connectivity index (χ1n) is 9.00. The first-order valence-corrected chi connectivity index (χ1v) is 9.00. The number of amides is 2. The van der Waals surface area contributed by atoms with Crippen LogP contribution in [0.1, 0.15) is 56.8 Å². The summed E-state index contributed by atoms with van der Waals surface area (Å²) >= 11 is 0. The predicted molar refractivity (Wildman–Crippen MR) is 91.5 cm³/mol. The Morgan fingerprint density at radius 1 is 1.38 bits per heavy atom. The van der Waals surface area contributed by atoms with E-state index in [1.54, 1.807) is 4.68 Å². The van der Waals surface area contributed by atoms with E-state index in [2.05, 4.69) is 17.3 Å². The minimum absolute atomic E-state index is 0.0796. The zero-order valence-corrected chi connectivity index (χ0v) is 15.0. The van der Waals surface area contributed by atoms with E-state index >= 15 is 0 Å². The Balaban J connectivity index is 1.83. The van der Waals surface area contributed by atoms with Gasteiger partial charge in [0.15, 0.2) is 0 Å². The Kier molecular flexibility index (Phi) is 4.65. The lowest BCUT2D eigenvalue weighted by Gasteiger charge is -2.41. The molecule has 24 heavy (non-hydrogen) atoms. The number of hydrogen-bond acceptors (Lipinski definition) is 3. The van der Waals surface area contributed by atoms with Gasteiger partial charge in [0, 0.05) is 18.7 Å². The molecule has 2 saturated heterocycles. The van der Waals surface area contributed by atoms with Gasteiger partial charge in [-0.25, -0.2) is 0 Å². The molecule has 2 aliphatic heterocycles. The maximum Gasteiger partial charge on any atom is 0.244 e. The number of carbonyl (C=O) groups is 2. The average Bonchev–Trinajstić information content (AvgIpc) is 2.65. The SMILES string of the molecule is Cc1cc(C)n(CC(=O)N2CCCC[C@]3(C)NC(=O)CCC[C@H]23)n1. The monoisotopic (exact) mass is 332 g/mol. The molecule has 0 spiro atoms. The number of likely N-dealkylation sites (tertiary alicyclic amines) is 1. The van der Waals surface area contributed by atoms with Crippen LogP contribution in [-0.2, 0) is 16.1 Å². The normalized spacial score (nSPS) is 27.9. The number of aryl methyl sites for hydroxylation is 2. The fourth-order valence-electron chi connectivity index (χ4n) is 4.25. The summed E-state index contributed by atoms with van der Waals surface area (Å²) in [7, 11) is 0. The summed E-state index contributed by atoms with van der Waals surface area (Å²) in [4.78, 5) is 27.1. The van der Waals surface area contributed by atoms with E-state index in [9.17, 15) is 9.59 Å². The summed E-state index contributed by atoms with van der Waals surface area (Å²) in [5, 5.41) is 7.63. The molecule has 1 N–H and O–H groups in total. The molecule has 2 aliphatic rings. The van der Waals surface area contributed by atoms with Crippen LogP contribution in [0.5, 0.6) is 0 Å². The van der Waals surface area contributed by atoms with Crippen molar-refractivity contribution in [2.45, 2.75) is 77.4 Å². The van der Waals surface area contributed by atoms with Crippen molar-refractivity contribution in [2.75, 3.05) is 6.54 Å². The van der Waals surface area contributed by atoms with Gasteiger partial charge in [0.2, 0.25) is 11.8 Å². The van der Waals surface area contributed by atoms with Crippen molar-refractivity contribution in [1.82, 2.24) is 20.0 Å². The van der Waals surface area contributed by atoms with Crippen LogP contribution in [0.25, 0.3) is 0 Å². The molecular formula is C18H28N4O2. The second kappa shape index (κ2) is 6.57. The van der Waals surface area contributed by atoms with E-state index in [4.69, 9.17) is 0 Å². The van der Waals surface area contributed by atoms with Crippen molar-refractivity contribution in [3.05, 3.63) is 17.5 Å². The molecule has 0 bridgehead atoms.